The van der Waals surface area contributed by atoms with Crippen molar-refractivity contribution in [3.8, 4) is 0 Å². The molecule has 36 heavy (non-hydrogen) atoms. The molecule has 4 N–H and O–H groups in total. The van der Waals surface area contributed by atoms with Crippen molar-refractivity contribution < 1.29 is 14.3 Å². The third-order valence-corrected chi connectivity index (χ3v) is 6.49. The maximum atomic E-state index is 14.3. The number of imidazole rings is 1. The van der Waals surface area contributed by atoms with E-state index < -0.39 is 5.82 Å². The topological polar surface area (TPSA) is 114 Å². The van der Waals surface area contributed by atoms with Crippen molar-refractivity contribution in [3.63, 3.8) is 0 Å². The van der Waals surface area contributed by atoms with E-state index in [4.69, 9.17) is 10.8 Å². The van der Waals surface area contributed by atoms with Crippen LogP contribution in [0.1, 0.15) is 48.2 Å². The first-order valence-corrected chi connectivity index (χ1v) is 12.3. The summed E-state index contributed by atoms with van der Waals surface area (Å²) in [5.74, 6) is -0.805. The molecule has 1 saturated heterocycles. The maximum Gasteiger partial charge on any atom is 0.257 e. The van der Waals surface area contributed by atoms with Crippen molar-refractivity contribution in [2.45, 2.75) is 45.1 Å². The highest BCUT2D eigenvalue weighted by molar-refractivity contribution is 6.13. The Hall–Kier alpha value is -3.50. The summed E-state index contributed by atoms with van der Waals surface area (Å²) in [6.07, 6.45) is 11.6. The molecule has 0 unspecified atom stereocenters. The molecular formula is C26H34FN7O2. The van der Waals surface area contributed by atoms with Gasteiger partial charge in [0.25, 0.3) is 5.91 Å². The molecule has 1 aliphatic carbocycles. The number of aliphatic hydroxyl groups excluding tert-OH is 1. The molecular weight excluding hydrogens is 461 g/mol. The lowest BCUT2D eigenvalue weighted by Gasteiger charge is -2.19. The molecule has 10 heteroatoms. The van der Waals surface area contributed by atoms with Gasteiger partial charge in [0.2, 0.25) is 0 Å². The van der Waals surface area contributed by atoms with Gasteiger partial charge in [0.1, 0.15) is 5.52 Å². The Labute approximate surface area is 209 Å². The minimum Gasteiger partial charge on any atom is -0.400 e. The van der Waals surface area contributed by atoms with E-state index in [1.54, 1.807) is 34.5 Å². The van der Waals surface area contributed by atoms with Crippen LogP contribution in [0.2, 0.25) is 0 Å². The number of aliphatic hydroxyl groups is 1. The number of aromatic nitrogens is 4. The highest BCUT2D eigenvalue weighted by atomic mass is 19.1. The first-order valence-electron chi connectivity index (χ1n) is 12.3. The number of pyridine rings is 1. The van der Waals surface area contributed by atoms with Gasteiger partial charge in [-0.2, -0.15) is 5.10 Å². The highest BCUT2D eigenvalue weighted by Gasteiger charge is 2.21. The van der Waals surface area contributed by atoms with Gasteiger partial charge >= 0.3 is 0 Å². The molecule has 0 atom stereocenters. The lowest BCUT2D eigenvalue weighted by atomic mass is 9.95. The quantitative estimate of drug-likeness (QED) is 0.400. The second kappa shape index (κ2) is 11.0. The van der Waals surface area contributed by atoms with Crippen LogP contribution in [-0.4, -0.2) is 56.4 Å². The number of hydrogen-bond donors (Lipinski definition) is 3. The summed E-state index contributed by atoms with van der Waals surface area (Å²) in [4.78, 5) is 19.5. The van der Waals surface area contributed by atoms with Gasteiger partial charge in [-0.05, 0) is 44.7 Å². The van der Waals surface area contributed by atoms with Crippen LogP contribution in [0.4, 0.5) is 15.8 Å². The number of anilines is 2. The molecule has 0 spiro atoms. The van der Waals surface area contributed by atoms with E-state index in [-0.39, 0.29) is 11.6 Å². The van der Waals surface area contributed by atoms with Crippen LogP contribution < -0.4 is 16.0 Å². The predicted octanol–water partition coefficient (Wildman–Crippen LogP) is 3.63. The van der Waals surface area contributed by atoms with Crippen molar-refractivity contribution in [2.24, 2.45) is 12.8 Å². The first-order chi connectivity index (χ1) is 17.4. The molecule has 6 rings (SSSR count). The fourth-order valence-electron chi connectivity index (χ4n) is 4.51. The average molecular weight is 496 g/mol. The Balaban J connectivity index is 0.000000383. The Morgan fingerprint density at radius 2 is 1.83 bits per heavy atom. The molecule has 4 heterocycles. The van der Waals surface area contributed by atoms with E-state index in [1.807, 2.05) is 19.3 Å². The zero-order valence-corrected chi connectivity index (χ0v) is 21.0. The van der Waals surface area contributed by atoms with Gasteiger partial charge in [0.05, 0.1) is 16.9 Å². The minimum absolute atomic E-state index is 0.239. The lowest BCUT2D eigenvalue weighted by molar-refractivity contribution is 0.102. The van der Waals surface area contributed by atoms with Crippen molar-refractivity contribution in [1.82, 2.24) is 19.2 Å². The first kappa shape index (κ1) is 25.6. The Bertz CT molecular complexity index is 1350. The number of fused-ring (bicyclic) bond motifs is 2. The van der Waals surface area contributed by atoms with Crippen molar-refractivity contribution >= 4 is 33.8 Å². The Kier molecular flexibility index (Phi) is 7.85. The van der Waals surface area contributed by atoms with Crippen LogP contribution in [0.15, 0.2) is 36.8 Å². The van der Waals surface area contributed by atoms with E-state index in [0.29, 0.717) is 28.5 Å². The molecule has 0 bridgehead atoms. The molecule has 1 aromatic carbocycles. The predicted molar refractivity (Wildman–Crippen MR) is 140 cm³/mol. The van der Waals surface area contributed by atoms with E-state index in [0.717, 1.165) is 31.3 Å². The van der Waals surface area contributed by atoms with Gasteiger partial charge in [-0.15, -0.1) is 0 Å². The summed E-state index contributed by atoms with van der Waals surface area (Å²) >= 11 is 0. The van der Waals surface area contributed by atoms with Gasteiger partial charge in [-0.1, -0.05) is 6.42 Å². The van der Waals surface area contributed by atoms with Crippen LogP contribution in [0.3, 0.4) is 0 Å². The molecule has 1 aliphatic heterocycles. The number of nitrogens with zero attached hydrogens (tertiary/aromatic N) is 5. The third kappa shape index (κ3) is 5.34. The molecule has 2 aliphatic rings. The molecule has 2 fully saturated rings. The number of amides is 1. The summed E-state index contributed by atoms with van der Waals surface area (Å²) in [6.45, 7) is 3.82. The van der Waals surface area contributed by atoms with Gasteiger partial charge < -0.3 is 25.5 Å². The van der Waals surface area contributed by atoms with Gasteiger partial charge in [0.15, 0.2) is 11.5 Å². The summed E-state index contributed by atoms with van der Waals surface area (Å²) in [5.41, 5.74) is 8.90. The summed E-state index contributed by atoms with van der Waals surface area (Å²) in [5, 5.41) is 15.3. The lowest BCUT2D eigenvalue weighted by Crippen LogP contribution is -2.27. The van der Waals surface area contributed by atoms with Crippen LogP contribution in [-0.2, 0) is 7.05 Å². The molecule has 4 aromatic rings. The third-order valence-electron chi connectivity index (χ3n) is 6.49. The van der Waals surface area contributed by atoms with Crippen molar-refractivity contribution in [3.05, 3.63) is 53.9 Å². The number of nitrogens with two attached hydrogens (primary N) is 1. The van der Waals surface area contributed by atoms with Gasteiger partial charge in [0, 0.05) is 69.0 Å². The van der Waals surface area contributed by atoms with Gasteiger partial charge in [-0.25, -0.2) is 9.37 Å². The minimum atomic E-state index is -0.483. The van der Waals surface area contributed by atoms with Crippen molar-refractivity contribution in [2.75, 3.05) is 30.4 Å². The maximum absolute atomic E-state index is 14.3. The highest BCUT2D eigenvalue weighted by Crippen LogP contribution is 2.31. The zero-order valence-electron chi connectivity index (χ0n) is 21.0. The summed E-state index contributed by atoms with van der Waals surface area (Å²) in [7, 11) is 2.85. The van der Waals surface area contributed by atoms with Crippen LogP contribution >= 0.6 is 0 Å². The Morgan fingerprint density at radius 1 is 1.14 bits per heavy atom. The smallest absolute Gasteiger partial charge is 0.257 e. The van der Waals surface area contributed by atoms with E-state index in [1.165, 1.54) is 38.2 Å². The number of benzene rings is 1. The van der Waals surface area contributed by atoms with E-state index >= 15 is 0 Å². The number of carbonyl (C=O) groups is 1. The zero-order chi connectivity index (χ0) is 25.8. The number of halogens is 1. The number of carbonyl (C=O) groups excluding carboxylic acids is 1. The summed E-state index contributed by atoms with van der Waals surface area (Å²) in [6, 6.07) is 5.63. The fraction of sp³-hybridized carbons (Fsp3) is 0.423. The monoisotopic (exact) mass is 495 g/mol. The molecule has 1 amide bonds. The average Bonchev–Trinajstić information content (AvgIpc) is 3.58. The standard InChI is InChI=1S/C21H21FN6O.C4H9N.CH4O/c1-13-10-28-11-14(9-17(22)20(28)23-13)24-21(29)15-5-6-18(27-7-3-4-8-27)16-12-26(2)25-19(15)16;5-4-2-1-3-4;1-2/h5-6,9-12H,3-4,7-8H2,1-2H3,(H,24,29);4H,1-3,5H2;2H,1H3. The largest absolute Gasteiger partial charge is 0.400 e. The Morgan fingerprint density at radius 3 is 2.47 bits per heavy atom. The fourth-order valence-corrected chi connectivity index (χ4v) is 4.51. The molecule has 192 valence electrons. The molecule has 9 nitrogen and oxygen atoms in total. The molecule has 3 aromatic heterocycles. The van der Waals surface area contributed by atoms with Gasteiger partial charge in [-0.3, -0.25) is 9.48 Å². The normalized spacial score (nSPS) is 15.2. The second-order valence-electron chi connectivity index (χ2n) is 9.23. The molecule has 0 radical (unpaired) electrons. The van der Waals surface area contributed by atoms with E-state index in [2.05, 4.69) is 20.3 Å². The SMILES string of the molecule is CO.Cc1cn2cc(NC(=O)c3ccc(N4CCCC4)c4cn(C)nc34)cc(F)c2n1.NC1CCC1. The molecule has 1 saturated carbocycles. The van der Waals surface area contributed by atoms with Crippen LogP contribution in [0.25, 0.3) is 16.6 Å². The summed E-state index contributed by atoms with van der Waals surface area (Å²) < 4.78 is 17.6. The number of hydrogen-bond acceptors (Lipinski definition) is 6. The van der Waals surface area contributed by atoms with Crippen LogP contribution in [0.5, 0.6) is 0 Å². The number of aryl methyl sites for hydroxylation is 2. The van der Waals surface area contributed by atoms with Crippen molar-refractivity contribution in [1.29, 1.82) is 0 Å². The second-order valence-corrected chi connectivity index (χ2v) is 9.23. The number of nitrogens with one attached hydrogen (secondary N) is 1. The van der Waals surface area contributed by atoms with E-state index in [9.17, 15) is 9.18 Å². The van der Waals surface area contributed by atoms with Crippen LogP contribution in [0, 0.1) is 12.7 Å². The number of rotatable bonds is 3.